The van der Waals surface area contributed by atoms with E-state index in [1.807, 2.05) is 30.6 Å². The molecule has 0 aliphatic carbocycles. The number of hydrogen-bond donors (Lipinski definition) is 3. The summed E-state index contributed by atoms with van der Waals surface area (Å²) in [7, 11) is 0. The van der Waals surface area contributed by atoms with Crippen molar-refractivity contribution in [2.75, 3.05) is 0 Å². The Bertz CT molecular complexity index is 631. The molecule has 2 aromatic rings. The van der Waals surface area contributed by atoms with Gasteiger partial charge in [0.25, 0.3) is 0 Å². The van der Waals surface area contributed by atoms with E-state index < -0.39 is 0 Å². The lowest BCUT2D eigenvalue weighted by Gasteiger charge is -1.95. The van der Waals surface area contributed by atoms with Crippen LogP contribution in [0, 0.1) is 0 Å². The van der Waals surface area contributed by atoms with Crippen molar-refractivity contribution in [1.29, 1.82) is 0 Å². The van der Waals surface area contributed by atoms with Gasteiger partial charge in [-0.25, -0.2) is 9.36 Å². The maximum atomic E-state index is 11.4. The van der Waals surface area contributed by atoms with Gasteiger partial charge in [0.15, 0.2) is 5.11 Å². The second-order valence-corrected chi connectivity index (χ2v) is 4.70. The molecule has 6 nitrogen and oxygen atoms in total. The fourth-order valence-electron chi connectivity index (χ4n) is 1.31. The van der Waals surface area contributed by atoms with E-state index in [-0.39, 0.29) is 9.99 Å². The Hall–Kier alpha value is -2.06. The lowest BCUT2D eigenvalue weighted by molar-refractivity contribution is -0.599. The summed E-state index contributed by atoms with van der Waals surface area (Å²) < 4.78 is 1.79. The minimum absolute atomic E-state index is 0.0723. The van der Waals surface area contributed by atoms with Crippen molar-refractivity contribution in [3.05, 3.63) is 45.1 Å². The summed E-state index contributed by atoms with van der Waals surface area (Å²) in [6.45, 7) is 0. The zero-order valence-corrected chi connectivity index (χ0v) is 10.8. The normalized spacial score (nSPS) is 10.7. The highest BCUT2D eigenvalue weighted by Gasteiger charge is 2.15. The highest BCUT2D eigenvalue weighted by atomic mass is 32.1. The fraction of sp³-hybridized carbons (Fsp3) is 0. The number of rotatable bonds is 3. The molecule has 4 N–H and O–H groups in total. The molecule has 0 unspecified atom stereocenters. The highest BCUT2D eigenvalue weighted by Crippen LogP contribution is 2.05. The molecule has 92 valence electrons. The molecule has 2 rings (SSSR count). The second kappa shape index (κ2) is 5.52. The molecule has 0 bridgehead atoms. The van der Waals surface area contributed by atoms with Crippen molar-refractivity contribution in [3.63, 3.8) is 0 Å². The smallest absolute Gasteiger partial charge is 0.375 e. The molecule has 0 atom stereocenters. The number of pyridine rings is 1. The van der Waals surface area contributed by atoms with Crippen LogP contribution in [0.15, 0.2) is 40.5 Å². The zero-order chi connectivity index (χ0) is 13.0. The van der Waals surface area contributed by atoms with Crippen molar-refractivity contribution in [3.8, 4) is 5.82 Å². The van der Waals surface area contributed by atoms with E-state index in [4.69, 9.17) is 5.73 Å². The molecule has 0 aliphatic rings. The van der Waals surface area contributed by atoms with E-state index in [1.165, 1.54) is 6.21 Å². The van der Waals surface area contributed by atoms with Crippen molar-refractivity contribution >= 4 is 34.9 Å². The lowest BCUT2D eigenvalue weighted by atomic mass is 10.4. The maximum absolute atomic E-state index is 11.4. The minimum Gasteiger partial charge on any atom is -0.375 e. The monoisotopic (exact) mass is 280 g/mol. The number of thiocarbonyl (C=S) groups is 1. The average molecular weight is 280 g/mol. The Morgan fingerprint density at radius 1 is 1.50 bits per heavy atom. The van der Waals surface area contributed by atoms with Crippen molar-refractivity contribution in [1.82, 2.24) is 10.4 Å². The first kappa shape index (κ1) is 12.4. The van der Waals surface area contributed by atoms with Gasteiger partial charge >= 0.3 is 10.7 Å². The van der Waals surface area contributed by atoms with Gasteiger partial charge in [-0.15, -0.1) is 0 Å². The van der Waals surface area contributed by atoms with Gasteiger partial charge in [0.1, 0.15) is 4.88 Å². The summed E-state index contributed by atoms with van der Waals surface area (Å²) in [6.07, 6.45) is 5.16. The summed E-state index contributed by atoms with van der Waals surface area (Å²) in [5.74, 6) is 0.652. The number of hydrogen-bond acceptors (Lipinski definition) is 4. The first-order valence-electron chi connectivity index (χ1n) is 4.95. The fourth-order valence-corrected chi connectivity index (χ4v) is 2.07. The van der Waals surface area contributed by atoms with Crippen LogP contribution >= 0.6 is 23.6 Å². The van der Waals surface area contributed by atoms with Crippen molar-refractivity contribution in [2.45, 2.75) is 0 Å². The van der Waals surface area contributed by atoms with Gasteiger partial charge in [-0.05, 0) is 35.7 Å². The molecule has 0 aromatic carbocycles. The standard InChI is InChI=1S/C10H9N5OS2/c11-9(17)14-12-6-7-8(13-10(16)18-7)15-4-2-1-3-5-15/h1-6H,(H3-,11,12,13,14,16,17)/p+1. The van der Waals surface area contributed by atoms with Crippen LogP contribution in [0.3, 0.4) is 0 Å². The molecule has 0 radical (unpaired) electrons. The minimum atomic E-state index is -0.155. The predicted molar refractivity (Wildman–Crippen MR) is 74.0 cm³/mol. The largest absolute Gasteiger partial charge is 0.390 e. The van der Waals surface area contributed by atoms with Gasteiger partial charge in [-0.1, -0.05) is 6.07 Å². The van der Waals surface area contributed by atoms with Crippen LogP contribution < -0.4 is 20.6 Å². The number of aromatic amines is 1. The first-order chi connectivity index (χ1) is 8.66. The third kappa shape index (κ3) is 2.99. The molecule has 2 aromatic heterocycles. The molecular weight excluding hydrogens is 270 g/mol. The topological polar surface area (TPSA) is 87.1 Å². The second-order valence-electron chi connectivity index (χ2n) is 3.24. The quantitative estimate of drug-likeness (QED) is 0.317. The Morgan fingerprint density at radius 3 is 2.89 bits per heavy atom. The number of thiazole rings is 1. The molecule has 0 fully saturated rings. The van der Waals surface area contributed by atoms with E-state index >= 15 is 0 Å². The zero-order valence-electron chi connectivity index (χ0n) is 9.16. The van der Waals surface area contributed by atoms with E-state index in [1.54, 1.807) is 4.57 Å². The van der Waals surface area contributed by atoms with Gasteiger partial charge in [0, 0.05) is 0 Å². The van der Waals surface area contributed by atoms with Crippen molar-refractivity contribution in [2.24, 2.45) is 10.8 Å². The summed E-state index contributed by atoms with van der Waals surface area (Å²) in [5, 5.41) is 3.91. The molecule has 0 saturated carbocycles. The lowest BCUT2D eigenvalue weighted by Crippen LogP contribution is -2.31. The number of aromatic nitrogens is 2. The van der Waals surface area contributed by atoms with Gasteiger partial charge in [-0.3, -0.25) is 5.43 Å². The van der Waals surface area contributed by atoms with Crippen LogP contribution in [0.25, 0.3) is 5.82 Å². The SMILES string of the molecule is NC(=S)N/N=C/c1sc(=O)[nH]c1-[n+]1ccccc1. The number of nitrogens with two attached hydrogens (primary N) is 1. The Balaban J connectivity index is 2.35. The highest BCUT2D eigenvalue weighted by molar-refractivity contribution is 7.80. The van der Waals surface area contributed by atoms with Crippen LogP contribution in [-0.4, -0.2) is 16.3 Å². The third-order valence-corrected chi connectivity index (χ3v) is 2.88. The number of hydrazone groups is 1. The Morgan fingerprint density at radius 2 is 2.22 bits per heavy atom. The van der Waals surface area contributed by atoms with E-state index in [0.717, 1.165) is 11.3 Å². The predicted octanol–water partition coefficient (Wildman–Crippen LogP) is -0.120. The van der Waals surface area contributed by atoms with Gasteiger partial charge in [0.05, 0.1) is 18.6 Å². The van der Waals surface area contributed by atoms with Crippen LogP contribution in [0.5, 0.6) is 0 Å². The van der Waals surface area contributed by atoms with Gasteiger partial charge < -0.3 is 5.73 Å². The van der Waals surface area contributed by atoms with E-state index in [2.05, 4.69) is 27.7 Å². The van der Waals surface area contributed by atoms with Crippen LogP contribution in [0.4, 0.5) is 0 Å². The molecule has 8 heteroatoms. The molecule has 0 amide bonds. The van der Waals surface area contributed by atoms with Gasteiger partial charge in [-0.2, -0.15) is 10.1 Å². The molecule has 18 heavy (non-hydrogen) atoms. The third-order valence-electron chi connectivity index (χ3n) is 1.99. The van der Waals surface area contributed by atoms with Crippen molar-refractivity contribution < 1.29 is 4.57 Å². The van der Waals surface area contributed by atoms with Crippen LogP contribution in [0.2, 0.25) is 0 Å². The summed E-state index contributed by atoms with van der Waals surface area (Å²) in [4.78, 5) is 14.7. The average Bonchev–Trinajstić information content (AvgIpc) is 2.71. The molecule has 0 saturated heterocycles. The van der Waals surface area contributed by atoms with E-state index in [9.17, 15) is 4.79 Å². The summed E-state index contributed by atoms with van der Waals surface area (Å²) >= 11 is 5.68. The molecule has 2 heterocycles. The molecule has 0 spiro atoms. The van der Waals surface area contributed by atoms with Crippen LogP contribution in [0.1, 0.15) is 4.88 Å². The van der Waals surface area contributed by atoms with Gasteiger partial charge in [0.2, 0.25) is 0 Å². The first-order valence-corrected chi connectivity index (χ1v) is 6.17. The summed E-state index contributed by atoms with van der Waals surface area (Å²) in [6, 6.07) is 5.62. The van der Waals surface area contributed by atoms with Crippen LogP contribution in [-0.2, 0) is 0 Å². The molecular formula is C10H10N5OS2+. The number of nitrogens with zero attached hydrogens (tertiary/aromatic N) is 2. The Kier molecular flexibility index (Phi) is 3.80. The maximum Gasteiger partial charge on any atom is 0.390 e. The van der Waals surface area contributed by atoms with E-state index in [0.29, 0.717) is 10.7 Å². The Labute approximate surface area is 112 Å². The number of H-pyrrole nitrogens is 1. The summed E-state index contributed by atoms with van der Waals surface area (Å²) in [5.41, 5.74) is 7.69. The molecule has 0 aliphatic heterocycles. The number of nitrogens with one attached hydrogen (secondary N) is 2.